The Hall–Kier alpha value is -2.70. The largest absolute Gasteiger partial charge is 0.444 e. The molecule has 0 saturated heterocycles. The summed E-state index contributed by atoms with van der Waals surface area (Å²) in [7, 11) is 1.72. The summed E-state index contributed by atoms with van der Waals surface area (Å²) in [5.74, 6) is 0.689. The standard InChI is InChI=1S/C20H31N5O2/c1-20(2,3)27-19(26)23-12-11-22-18(21-4)24-15-16-7-9-17(10-8-16)25-13-5-6-14-25/h5-10H,11-15H2,1-4H3,(H,23,26)(H2,21,22,24). The molecule has 148 valence electrons. The van der Waals surface area contributed by atoms with Gasteiger partial charge in [0.15, 0.2) is 5.96 Å². The normalized spacial score (nSPS) is 14.2. The molecule has 0 unspecified atom stereocenters. The molecule has 0 saturated carbocycles. The SMILES string of the molecule is CN=C(NCCNC(=O)OC(C)(C)C)NCc1ccc(N2CC=CC2)cc1. The lowest BCUT2D eigenvalue weighted by molar-refractivity contribution is 0.0529. The number of rotatable bonds is 6. The van der Waals surface area contributed by atoms with Gasteiger partial charge in [-0.05, 0) is 38.5 Å². The molecule has 3 N–H and O–H groups in total. The molecule has 7 nitrogen and oxygen atoms in total. The number of hydrogen-bond acceptors (Lipinski definition) is 4. The van der Waals surface area contributed by atoms with Crippen LogP contribution in [-0.4, -0.2) is 50.9 Å². The van der Waals surface area contributed by atoms with Crippen molar-refractivity contribution in [3.63, 3.8) is 0 Å². The van der Waals surface area contributed by atoms with Gasteiger partial charge in [-0.15, -0.1) is 0 Å². The van der Waals surface area contributed by atoms with Crippen molar-refractivity contribution in [3.8, 4) is 0 Å². The first kappa shape index (κ1) is 20.6. The topological polar surface area (TPSA) is 78.0 Å². The summed E-state index contributed by atoms with van der Waals surface area (Å²) in [5, 5.41) is 9.15. The van der Waals surface area contributed by atoms with Crippen molar-refractivity contribution in [1.29, 1.82) is 0 Å². The van der Waals surface area contributed by atoms with Gasteiger partial charge in [0.2, 0.25) is 0 Å². The molecule has 1 aliphatic heterocycles. The van der Waals surface area contributed by atoms with Crippen LogP contribution >= 0.6 is 0 Å². The number of nitrogens with zero attached hydrogens (tertiary/aromatic N) is 2. The Kier molecular flexibility index (Phi) is 7.52. The van der Waals surface area contributed by atoms with E-state index < -0.39 is 11.7 Å². The van der Waals surface area contributed by atoms with E-state index in [2.05, 4.69) is 62.3 Å². The van der Waals surface area contributed by atoms with E-state index in [1.165, 1.54) is 11.3 Å². The second-order valence-electron chi connectivity index (χ2n) is 7.32. The minimum Gasteiger partial charge on any atom is -0.444 e. The highest BCUT2D eigenvalue weighted by molar-refractivity contribution is 5.79. The van der Waals surface area contributed by atoms with Crippen molar-refractivity contribution in [2.45, 2.75) is 32.9 Å². The zero-order chi connectivity index (χ0) is 19.7. The highest BCUT2D eigenvalue weighted by Gasteiger charge is 2.15. The first-order chi connectivity index (χ1) is 12.9. The summed E-state index contributed by atoms with van der Waals surface area (Å²) in [6.07, 6.45) is 3.95. The number of nitrogens with one attached hydrogen (secondary N) is 3. The van der Waals surface area contributed by atoms with Crippen molar-refractivity contribution in [1.82, 2.24) is 16.0 Å². The molecule has 1 aromatic carbocycles. The van der Waals surface area contributed by atoms with E-state index in [-0.39, 0.29) is 0 Å². The van der Waals surface area contributed by atoms with E-state index in [0.717, 1.165) is 13.1 Å². The number of aliphatic imine (C=N–C) groups is 1. The number of alkyl carbamates (subject to hydrolysis) is 1. The number of carbonyl (C=O) groups is 1. The average molecular weight is 374 g/mol. The van der Waals surface area contributed by atoms with E-state index >= 15 is 0 Å². The number of anilines is 1. The summed E-state index contributed by atoms with van der Waals surface area (Å²) < 4.78 is 5.19. The van der Waals surface area contributed by atoms with Crippen LogP contribution in [0.1, 0.15) is 26.3 Å². The fourth-order valence-corrected chi connectivity index (χ4v) is 2.58. The third kappa shape index (κ3) is 7.60. The van der Waals surface area contributed by atoms with Crippen molar-refractivity contribution >= 4 is 17.7 Å². The molecular weight excluding hydrogens is 342 g/mol. The first-order valence-corrected chi connectivity index (χ1v) is 9.27. The van der Waals surface area contributed by atoms with E-state index in [9.17, 15) is 4.79 Å². The fourth-order valence-electron chi connectivity index (χ4n) is 2.58. The van der Waals surface area contributed by atoms with Gasteiger partial charge in [0.1, 0.15) is 5.60 Å². The monoisotopic (exact) mass is 373 g/mol. The van der Waals surface area contributed by atoms with Crippen LogP contribution in [0.25, 0.3) is 0 Å². The van der Waals surface area contributed by atoms with Crippen LogP contribution in [0.4, 0.5) is 10.5 Å². The minimum atomic E-state index is -0.490. The van der Waals surface area contributed by atoms with E-state index in [1.54, 1.807) is 7.05 Å². The van der Waals surface area contributed by atoms with Gasteiger partial charge in [0.25, 0.3) is 0 Å². The summed E-state index contributed by atoms with van der Waals surface area (Å²) in [4.78, 5) is 18.1. The number of benzene rings is 1. The Labute approximate surface area is 161 Å². The van der Waals surface area contributed by atoms with Crippen LogP contribution in [0.2, 0.25) is 0 Å². The lowest BCUT2D eigenvalue weighted by Crippen LogP contribution is -2.42. The van der Waals surface area contributed by atoms with Crippen molar-refractivity contribution in [3.05, 3.63) is 42.0 Å². The van der Waals surface area contributed by atoms with Gasteiger partial charge in [0.05, 0.1) is 0 Å². The summed E-state index contributed by atoms with van der Waals surface area (Å²) in [5.41, 5.74) is 1.93. The molecule has 0 fully saturated rings. The predicted molar refractivity (Wildman–Crippen MR) is 110 cm³/mol. The van der Waals surface area contributed by atoms with Gasteiger partial charge in [-0.3, -0.25) is 4.99 Å². The molecular formula is C20H31N5O2. The van der Waals surface area contributed by atoms with Gasteiger partial charge in [-0.1, -0.05) is 24.3 Å². The molecule has 0 atom stereocenters. The molecule has 27 heavy (non-hydrogen) atoms. The Morgan fingerprint density at radius 1 is 1.07 bits per heavy atom. The molecule has 0 aromatic heterocycles. The summed E-state index contributed by atoms with van der Waals surface area (Å²) in [6, 6.07) is 8.53. The second kappa shape index (κ2) is 9.85. The molecule has 7 heteroatoms. The number of guanidine groups is 1. The van der Waals surface area contributed by atoms with E-state index in [1.807, 2.05) is 20.8 Å². The molecule has 1 aromatic rings. The highest BCUT2D eigenvalue weighted by atomic mass is 16.6. The third-order valence-electron chi connectivity index (χ3n) is 3.89. The van der Waals surface area contributed by atoms with Crippen LogP contribution < -0.4 is 20.9 Å². The minimum absolute atomic E-state index is 0.416. The van der Waals surface area contributed by atoms with E-state index in [0.29, 0.717) is 25.6 Å². The maximum atomic E-state index is 11.6. The zero-order valence-electron chi connectivity index (χ0n) is 16.7. The van der Waals surface area contributed by atoms with Crippen molar-refractivity contribution < 1.29 is 9.53 Å². The second-order valence-corrected chi connectivity index (χ2v) is 7.32. The number of amides is 1. The maximum Gasteiger partial charge on any atom is 0.407 e. The third-order valence-corrected chi connectivity index (χ3v) is 3.89. The summed E-state index contributed by atoms with van der Waals surface area (Å²) >= 11 is 0. The van der Waals surface area contributed by atoms with Gasteiger partial charge in [-0.25, -0.2) is 4.79 Å². The molecule has 1 amide bonds. The zero-order valence-corrected chi connectivity index (χ0v) is 16.7. The Morgan fingerprint density at radius 3 is 2.30 bits per heavy atom. The number of ether oxygens (including phenoxy) is 1. The smallest absolute Gasteiger partial charge is 0.407 e. The Bertz CT molecular complexity index is 654. The molecule has 0 aliphatic carbocycles. The first-order valence-electron chi connectivity index (χ1n) is 9.27. The molecule has 2 rings (SSSR count). The highest BCUT2D eigenvalue weighted by Crippen LogP contribution is 2.17. The maximum absolute atomic E-state index is 11.6. The lowest BCUT2D eigenvalue weighted by atomic mass is 10.2. The van der Waals surface area contributed by atoms with Gasteiger partial charge < -0.3 is 25.6 Å². The lowest BCUT2D eigenvalue weighted by Gasteiger charge is -2.20. The fraction of sp³-hybridized carbons (Fsp3) is 0.500. The van der Waals surface area contributed by atoms with Crippen LogP contribution in [0.5, 0.6) is 0 Å². The molecule has 1 aliphatic rings. The van der Waals surface area contributed by atoms with Crippen LogP contribution in [0, 0.1) is 0 Å². The predicted octanol–water partition coefficient (Wildman–Crippen LogP) is 2.25. The quantitative estimate of drug-likeness (QED) is 0.309. The average Bonchev–Trinajstić information content (AvgIpc) is 3.15. The van der Waals surface area contributed by atoms with Gasteiger partial charge >= 0.3 is 6.09 Å². The Balaban J connectivity index is 1.67. The molecule has 0 spiro atoms. The van der Waals surface area contributed by atoms with Crippen LogP contribution in [0.3, 0.4) is 0 Å². The molecule has 1 heterocycles. The summed E-state index contributed by atoms with van der Waals surface area (Å²) in [6.45, 7) is 9.16. The Morgan fingerprint density at radius 2 is 1.70 bits per heavy atom. The molecule has 0 radical (unpaired) electrons. The van der Waals surface area contributed by atoms with E-state index in [4.69, 9.17) is 4.74 Å². The number of hydrogen-bond donors (Lipinski definition) is 3. The van der Waals surface area contributed by atoms with Crippen molar-refractivity contribution in [2.75, 3.05) is 38.1 Å². The van der Waals surface area contributed by atoms with Crippen LogP contribution in [-0.2, 0) is 11.3 Å². The van der Waals surface area contributed by atoms with Gasteiger partial charge in [-0.2, -0.15) is 0 Å². The number of carbonyl (C=O) groups excluding carboxylic acids is 1. The van der Waals surface area contributed by atoms with Crippen LogP contribution in [0.15, 0.2) is 41.4 Å². The van der Waals surface area contributed by atoms with Crippen molar-refractivity contribution in [2.24, 2.45) is 4.99 Å². The molecule has 0 bridgehead atoms. The van der Waals surface area contributed by atoms with Gasteiger partial charge in [0, 0.05) is 45.5 Å².